The highest BCUT2D eigenvalue weighted by Crippen LogP contribution is 2.42. The first-order valence-electron chi connectivity index (χ1n) is 8.37. The summed E-state index contributed by atoms with van der Waals surface area (Å²) in [4.78, 5) is 3.54. The van der Waals surface area contributed by atoms with E-state index in [0.29, 0.717) is 5.92 Å². The summed E-state index contributed by atoms with van der Waals surface area (Å²) in [7, 11) is 0. The van der Waals surface area contributed by atoms with E-state index >= 15 is 0 Å². The molecule has 0 amide bonds. The summed E-state index contributed by atoms with van der Waals surface area (Å²) in [5.74, 6) is 2.18. The van der Waals surface area contributed by atoms with E-state index in [-0.39, 0.29) is 0 Å². The molecule has 0 radical (unpaired) electrons. The third kappa shape index (κ3) is 2.54. The van der Waals surface area contributed by atoms with E-state index in [2.05, 4.69) is 63.2 Å². The number of benzene rings is 1. The Kier molecular flexibility index (Phi) is 3.93. The fourth-order valence-electron chi connectivity index (χ4n) is 3.80. The zero-order valence-corrected chi connectivity index (χ0v) is 13.7. The molecule has 0 saturated carbocycles. The maximum absolute atomic E-state index is 3.54. The summed E-state index contributed by atoms with van der Waals surface area (Å²) < 4.78 is 0. The van der Waals surface area contributed by atoms with Gasteiger partial charge in [0.15, 0.2) is 0 Å². The number of para-hydroxylation sites is 1. The first kappa shape index (κ1) is 14.4. The Hall–Kier alpha value is -1.50. The summed E-state index contributed by atoms with van der Waals surface area (Å²) >= 11 is 0. The van der Waals surface area contributed by atoms with Crippen LogP contribution >= 0.6 is 0 Å². The van der Waals surface area contributed by atoms with Gasteiger partial charge in [-0.25, -0.2) is 0 Å². The van der Waals surface area contributed by atoms with Crippen molar-refractivity contribution in [3.05, 3.63) is 47.2 Å². The Labute approximate surface area is 128 Å². The average molecular weight is 281 g/mol. The average Bonchev–Trinajstić information content (AvgIpc) is 2.91. The van der Waals surface area contributed by atoms with Gasteiger partial charge in [-0.1, -0.05) is 50.6 Å². The first-order valence-corrected chi connectivity index (χ1v) is 8.37. The summed E-state index contributed by atoms with van der Waals surface area (Å²) in [6.45, 7) is 9.26. The molecule has 1 aliphatic rings. The number of allylic oxidation sites excluding steroid dienone is 2. The predicted molar refractivity (Wildman–Crippen MR) is 91.7 cm³/mol. The lowest BCUT2D eigenvalue weighted by Crippen LogP contribution is -2.17. The molecular formula is C20H27N. The molecule has 1 heteroatoms. The van der Waals surface area contributed by atoms with Crippen molar-refractivity contribution in [1.29, 1.82) is 0 Å². The standard InChI is InChI=1S/C20H27N/c1-5-15-7-6-8-17-19(12-21-20(15)17)18-11-16(13(2)3)10-9-14(18)4/h6-9,12-13,16,18,21H,5,10-11H2,1-4H3/t16-,18+/m1/s1. The van der Waals surface area contributed by atoms with Crippen molar-refractivity contribution in [2.75, 3.05) is 0 Å². The predicted octanol–water partition coefficient (Wildman–Crippen LogP) is 5.83. The molecule has 1 N–H and O–H groups in total. The van der Waals surface area contributed by atoms with E-state index in [4.69, 9.17) is 0 Å². The third-order valence-electron chi connectivity index (χ3n) is 5.36. The summed E-state index contributed by atoms with van der Waals surface area (Å²) in [5, 5.41) is 1.43. The third-order valence-corrected chi connectivity index (χ3v) is 5.36. The number of nitrogens with one attached hydrogen (secondary N) is 1. The largest absolute Gasteiger partial charge is 0.361 e. The number of aromatic nitrogens is 1. The molecule has 0 aliphatic heterocycles. The number of H-pyrrole nitrogens is 1. The normalized spacial score (nSPS) is 22.8. The number of aryl methyl sites for hydroxylation is 1. The molecule has 112 valence electrons. The lowest BCUT2D eigenvalue weighted by atomic mass is 9.74. The lowest BCUT2D eigenvalue weighted by molar-refractivity contribution is 0.333. The maximum Gasteiger partial charge on any atom is 0.0489 e. The van der Waals surface area contributed by atoms with Crippen LogP contribution in [0.1, 0.15) is 57.6 Å². The number of fused-ring (bicyclic) bond motifs is 1. The number of rotatable bonds is 3. The van der Waals surface area contributed by atoms with Crippen LogP contribution in [0, 0.1) is 11.8 Å². The molecule has 2 atom stereocenters. The first-order chi connectivity index (χ1) is 10.1. The molecule has 1 aromatic heterocycles. The topological polar surface area (TPSA) is 15.8 Å². The highest BCUT2D eigenvalue weighted by Gasteiger charge is 2.27. The van der Waals surface area contributed by atoms with E-state index in [0.717, 1.165) is 18.3 Å². The molecule has 2 aromatic rings. The molecule has 3 rings (SSSR count). The van der Waals surface area contributed by atoms with Crippen molar-refractivity contribution in [3.8, 4) is 0 Å². The minimum Gasteiger partial charge on any atom is -0.361 e. The Morgan fingerprint density at radius 1 is 1.29 bits per heavy atom. The minimum absolute atomic E-state index is 0.590. The summed E-state index contributed by atoms with van der Waals surface area (Å²) in [5.41, 5.74) is 5.82. The fraction of sp³-hybridized carbons (Fsp3) is 0.500. The molecule has 1 heterocycles. The van der Waals surface area contributed by atoms with Crippen LogP contribution < -0.4 is 0 Å². The van der Waals surface area contributed by atoms with E-state index < -0.39 is 0 Å². The Morgan fingerprint density at radius 2 is 2.10 bits per heavy atom. The van der Waals surface area contributed by atoms with Gasteiger partial charge in [0, 0.05) is 23.0 Å². The van der Waals surface area contributed by atoms with Crippen LogP contribution in [0.4, 0.5) is 0 Å². The fourth-order valence-corrected chi connectivity index (χ4v) is 3.80. The van der Waals surface area contributed by atoms with Gasteiger partial charge in [-0.05, 0) is 49.1 Å². The molecule has 0 unspecified atom stereocenters. The molecule has 1 aliphatic carbocycles. The molecule has 1 aromatic carbocycles. The van der Waals surface area contributed by atoms with Gasteiger partial charge in [-0.2, -0.15) is 0 Å². The van der Waals surface area contributed by atoms with Gasteiger partial charge in [0.1, 0.15) is 0 Å². The molecule has 0 spiro atoms. The monoisotopic (exact) mass is 281 g/mol. The van der Waals surface area contributed by atoms with Crippen LogP contribution in [0.25, 0.3) is 10.9 Å². The van der Waals surface area contributed by atoms with Crippen LogP contribution in [0.3, 0.4) is 0 Å². The van der Waals surface area contributed by atoms with Gasteiger partial charge in [0.05, 0.1) is 0 Å². The van der Waals surface area contributed by atoms with Crippen LogP contribution in [0.15, 0.2) is 36.0 Å². The van der Waals surface area contributed by atoms with Crippen LogP contribution in [-0.2, 0) is 6.42 Å². The van der Waals surface area contributed by atoms with E-state index in [1.165, 1.54) is 34.9 Å². The second-order valence-corrected chi connectivity index (χ2v) is 6.91. The molecular weight excluding hydrogens is 254 g/mol. The second kappa shape index (κ2) is 5.71. The van der Waals surface area contributed by atoms with E-state index in [1.807, 2.05) is 0 Å². The highest BCUT2D eigenvalue weighted by atomic mass is 14.7. The molecule has 21 heavy (non-hydrogen) atoms. The zero-order chi connectivity index (χ0) is 15.0. The SMILES string of the molecule is CCc1cccc2c([C@H]3C[C@H](C(C)C)CC=C3C)c[nH]c12. The van der Waals surface area contributed by atoms with E-state index in [9.17, 15) is 0 Å². The van der Waals surface area contributed by atoms with Crippen molar-refractivity contribution in [1.82, 2.24) is 4.98 Å². The minimum atomic E-state index is 0.590. The van der Waals surface area contributed by atoms with Gasteiger partial charge in [-0.15, -0.1) is 0 Å². The highest BCUT2D eigenvalue weighted by molar-refractivity contribution is 5.87. The Morgan fingerprint density at radius 3 is 2.81 bits per heavy atom. The molecule has 1 nitrogen and oxygen atoms in total. The summed E-state index contributed by atoms with van der Waals surface area (Å²) in [6, 6.07) is 6.73. The number of hydrogen-bond acceptors (Lipinski definition) is 0. The van der Waals surface area contributed by atoms with Gasteiger partial charge in [-0.3, -0.25) is 0 Å². The van der Waals surface area contributed by atoms with Crippen molar-refractivity contribution in [3.63, 3.8) is 0 Å². The summed E-state index contributed by atoms with van der Waals surface area (Å²) in [6.07, 6.45) is 8.37. The van der Waals surface area contributed by atoms with Gasteiger partial charge in [0.2, 0.25) is 0 Å². The zero-order valence-electron chi connectivity index (χ0n) is 13.7. The van der Waals surface area contributed by atoms with Crippen molar-refractivity contribution < 1.29 is 0 Å². The lowest BCUT2D eigenvalue weighted by Gasteiger charge is -2.31. The van der Waals surface area contributed by atoms with Crippen molar-refractivity contribution in [2.24, 2.45) is 11.8 Å². The van der Waals surface area contributed by atoms with Gasteiger partial charge < -0.3 is 4.98 Å². The number of hydrogen-bond donors (Lipinski definition) is 1. The smallest absolute Gasteiger partial charge is 0.0489 e. The van der Waals surface area contributed by atoms with Crippen LogP contribution in [0.5, 0.6) is 0 Å². The maximum atomic E-state index is 3.54. The number of aromatic amines is 1. The van der Waals surface area contributed by atoms with Crippen LogP contribution in [-0.4, -0.2) is 4.98 Å². The Bertz CT molecular complexity index is 660. The molecule has 0 saturated heterocycles. The van der Waals surface area contributed by atoms with Crippen LogP contribution in [0.2, 0.25) is 0 Å². The molecule has 0 fully saturated rings. The van der Waals surface area contributed by atoms with Gasteiger partial charge >= 0.3 is 0 Å². The van der Waals surface area contributed by atoms with Crippen molar-refractivity contribution >= 4 is 10.9 Å². The second-order valence-electron chi connectivity index (χ2n) is 6.91. The quantitative estimate of drug-likeness (QED) is 0.682. The Balaban J connectivity index is 2.04. The van der Waals surface area contributed by atoms with Gasteiger partial charge in [0.25, 0.3) is 0 Å². The molecule has 0 bridgehead atoms. The van der Waals surface area contributed by atoms with E-state index in [1.54, 1.807) is 5.57 Å². The van der Waals surface area contributed by atoms with Crippen molar-refractivity contribution in [2.45, 2.75) is 52.9 Å².